The zero-order valence-corrected chi connectivity index (χ0v) is 15.9. The Hall–Kier alpha value is -1.89. The molecule has 1 fully saturated rings. The largest absolute Gasteiger partial charge is 0.206 e. The zero-order chi connectivity index (χ0) is 17.5. The number of nitrogens with zero attached hydrogens (tertiary/aromatic N) is 1. The summed E-state index contributed by atoms with van der Waals surface area (Å²) < 4.78 is 2.40. The number of rotatable bonds is 4. The number of hydrogen-bond donors (Lipinski definition) is 0. The Morgan fingerprint density at radius 2 is 1.83 bits per heavy atom. The van der Waals surface area contributed by atoms with E-state index in [2.05, 4.69) is 94.1 Å². The summed E-state index contributed by atoms with van der Waals surface area (Å²) >= 11 is 0. The predicted octanol–water partition coefficient (Wildman–Crippen LogP) is 6.16. The third-order valence-electron chi connectivity index (χ3n) is 5.00. The second-order valence-electron chi connectivity index (χ2n) is 6.56. The lowest BCUT2D eigenvalue weighted by Gasteiger charge is -2.33. The Morgan fingerprint density at radius 1 is 1.12 bits per heavy atom. The van der Waals surface area contributed by atoms with Crippen molar-refractivity contribution in [2.45, 2.75) is 65.8 Å². The van der Waals surface area contributed by atoms with Crippen LogP contribution in [0.2, 0.25) is 0 Å². The van der Waals surface area contributed by atoms with Crippen LogP contribution in [0.4, 0.5) is 0 Å². The first kappa shape index (κ1) is 18.4. The van der Waals surface area contributed by atoms with Gasteiger partial charge in [0.25, 0.3) is 0 Å². The molecule has 1 saturated carbocycles. The maximum absolute atomic E-state index is 2.42. The molecule has 24 heavy (non-hydrogen) atoms. The summed E-state index contributed by atoms with van der Waals surface area (Å²) in [5.74, 6) is 0.426. The molecule has 0 saturated heterocycles. The van der Waals surface area contributed by atoms with E-state index in [0.29, 0.717) is 12.0 Å². The van der Waals surface area contributed by atoms with Gasteiger partial charge in [-0.25, -0.2) is 4.58 Å². The van der Waals surface area contributed by atoms with Gasteiger partial charge in [0.15, 0.2) is 12.2 Å². The third-order valence-corrected chi connectivity index (χ3v) is 5.00. The van der Waals surface area contributed by atoms with Gasteiger partial charge < -0.3 is 0 Å². The average molecular weight is 323 g/mol. The minimum atomic E-state index is 0.426. The molecule has 0 aliphatic heterocycles. The maximum atomic E-state index is 2.42. The second-order valence-corrected chi connectivity index (χ2v) is 6.56. The number of aryl methyl sites for hydroxylation is 1. The first-order valence-corrected chi connectivity index (χ1v) is 9.28. The molecule has 1 aromatic rings. The second kappa shape index (κ2) is 8.82. The Kier molecular flexibility index (Phi) is 6.78. The van der Waals surface area contributed by atoms with Crippen LogP contribution in [0.5, 0.6) is 0 Å². The van der Waals surface area contributed by atoms with Gasteiger partial charge >= 0.3 is 0 Å². The lowest BCUT2D eigenvalue weighted by molar-refractivity contribution is -0.501. The summed E-state index contributed by atoms with van der Waals surface area (Å²) in [4.78, 5) is 0. The van der Waals surface area contributed by atoms with Crippen LogP contribution in [0.15, 0.2) is 59.8 Å². The Bertz CT molecular complexity index is 656. The van der Waals surface area contributed by atoms with Crippen LogP contribution < -0.4 is 0 Å². The van der Waals surface area contributed by atoms with Crippen molar-refractivity contribution in [2.24, 2.45) is 0 Å². The fourth-order valence-electron chi connectivity index (χ4n) is 3.91. The minimum absolute atomic E-state index is 0.426. The van der Waals surface area contributed by atoms with Crippen LogP contribution in [0.25, 0.3) is 0 Å². The highest BCUT2D eigenvalue weighted by atomic mass is 15.0. The summed E-state index contributed by atoms with van der Waals surface area (Å²) in [6, 6.07) is 9.60. The van der Waals surface area contributed by atoms with Crippen LogP contribution in [-0.2, 0) is 0 Å². The molecule has 2 unspecified atom stereocenters. The lowest BCUT2D eigenvalue weighted by Crippen LogP contribution is -2.34. The van der Waals surface area contributed by atoms with E-state index in [-0.39, 0.29) is 0 Å². The summed E-state index contributed by atoms with van der Waals surface area (Å²) in [6.07, 6.45) is 14.8. The third kappa shape index (κ3) is 3.95. The Morgan fingerprint density at radius 3 is 2.38 bits per heavy atom. The predicted molar refractivity (Wildman–Crippen MR) is 106 cm³/mol. The molecule has 0 aromatic heterocycles. The molecule has 1 aromatic carbocycles. The molecule has 0 heterocycles. The van der Waals surface area contributed by atoms with E-state index >= 15 is 0 Å². The summed E-state index contributed by atoms with van der Waals surface area (Å²) in [5, 5.41) is 0. The van der Waals surface area contributed by atoms with Crippen LogP contribution in [0.3, 0.4) is 0 Å². The molecule has 1 aliphatic rings. The topological polar surface area (TPSA) is 3.01 Å². The van der Waals surface area contributed by atoms with E-state index in [9.17, 15) is 0 Å². The van der Waals surface area contributed by atoms with Gasteiger partial charge in [-0.15, -0.1) is 0 Å². The van der Waals surface area contributed by atoms with Crippen LogP contribution in [-0.4, -0.2) is 16.8 Å². The standard InChI is InChI=1S/C23H32N/c1-6-10-19-15-16-22(24(9-4)17-7-2)23(21(19)8-3)20-13-11-18(5)12-14-20/h7-14,17,22-23H,6,15-16H2,1-5H3/q+1/b17-7-,19-10-,21-8+,24-9?. The van der Waals surface area contributed by atoms with Gasteiger partial charge in [-0.3, -0.25) is 0 Å². The smallest absolute Gasteiger partial charge is 0.169 e. The molecule has 1 heteroatoms. The summed E-state index contributed by atoms with van der Waals surface area (Å²) in [6.45, 7) is 10.8. The molecule has 1 aliphatic carbocycles. The van der Waals surface area contributed by atoms with Crippen molar-refractivity contribution >= 4 is 6.21 Å². The van der Waals surface area contributed by atoms with Gasteiger partial charge in [-0.05, 0) is 56.4 Å². The first-order chi connectivity index (χ1) is 11.7. The van der Waals surface area contributed by atoms with Gasteiger partial charge in [0, 0.05) is 13.3 Å². The molecule has 128 valence electrons. The van der Waals surface area contributed by atoms with Crippen molar-refractivity contribution in [3.63, 3.8) is 0 Å². The van der Waals surface area contributed by atoms with Crippen LogP contribution in [0, 0.1) is 6.92 Å². The van der Waals surface area contributed by atoms with Gasteiger partial charge in [0.05, 0.1) is 5.92 Å². The van der Waals surface area contributed by atoms with E-state index in [1.54, 1.807) is 5.57 Å². The van der Waals surface area contributed by atoms with Crippen molar-refractivity contribution in [1.82, 2.24) is 0 Å². The SMILES string of the molecule is CC=[N+](/C=C\C)C1CCC(=C/CC)/C(=C\C)C1c1ccc(C)cc1. The average Bonchev–Trinajstić information content (AvgIpc) is 2.60. The molecule has 0 bridgehead atoms. The Balaban J connectivity index is 2.55. The molecule has 0 amide bonds. The van der Waals surface area contributed by atoms with E-state index in [0.717, 1.165) is 6.42 Å². The highest BCUT2D eigenvalue weighted by Crippen LogP contribution is 2.42. The molecular weight excluding hydrogens is 290 g/mol. The highest BCUT2D eigenvalue weighted by Gasteiger charge is 2.38. The molecular formula is C23H32N+. The van der Waals surface area contributed by atoms with E-state index in [4.69, 9.17) is 0 Å². The van der Waals surface area contributed by atoms with Crippen LogP contribution in [0.1, 0.15) is 64.0 Å². The summed E-state index contributed by atoms with van der Waals surface area (Å²) in [7, 11) is 0. The molecule has 2 atom stereocenters. The maximum Gasteiger partial charge on any atom is 0.169 e. The molecule has 2 rings (SSSR count). The van der Waals surface area contributed by atoms with Crippen molar-refractivity contribution in [3.8, 4) is 0 Å². The van der Waals surface area contributed by atoms with Gasteiger partial charge in [0.2, 0.25) is 0 Å². The van der Waals surface area contributed by atoms with Crippen molar-refractivity contribution in [1.29, 1.82) is 0 Å². The molecule has 1 nitrogen and oxygen atoms in total. The van der Waals surface area contributed by atoms with Crippen LogP contribution >= 0.6 is 0 Å². The monoisotopic (exact) mass is 322 g/mol. The highest BCUT2D eigenvalue weighted by molar-refractivity contribution is 5.49. The van der Waals surface area contributed by atoms with E-state index < -0.39 is 0 Å². The number of benzene rings is 1. The zero-order valence-electron chi connectivity index (χ0n) is 15.9. The quantitative estimate of drug-likeness (QED) is 0.461. The molecule has 0 spiro atoms. The van der Waals surface area contributed by atoms with Crippen molar-refractivity contribution < 1.29 is 4.58 Å². The van der Waals surface area contributed by atoms with Gasteiger partial charge in [-0.1, -0.05) is 48.9 Å². The molecule has 0 radical (unpaired) electrons. The minimum Gasteiger partial charge on any atom is -0.206 e. The van der Waals surface area contributed by atoms with E-state index in [1.807, 2.05) is 0 Å². The van der Waals surface area contributed by atoms with Gasteiger partial charge in [0.1, 0.15) is 6.21 Å². The van der Waals surface area contributed by atoms with Gasteiger partial charge in [-0.2, -0.15) is 0 Å². The summed E-state index contributed by atoms with van der Waals surface area (Å²) in [5.41, 5.74) is 5.80. The Labute approximate surface area is 148 Å². The van der Waals surface area contributed by atoms with Crippen molar-refractivity contribution in [3.05, 3.63) is 71.0 Å². The first-order valence-electron chi connectivity index (χ1n) is 9.28. The number of hydrogen-bond acceptors (Lipinski definition) is 0. The number of allylic oxidation sites excluding steroid dienone is 4. The fourth-order valence-corrected chi connectivity index (χ4v) is 3.91. The molecule has 0 N–H and O–H groups in total. The van der Waals surface area contributed by atoms with E-state index in [1.165, 1.54) is 29.5 Å². The fraction of sp³-hybridized carbons (Fsp3) is 0.435. The van der Waals surface area contributed by atoms with Crippen molar-refractivity contribution in [2.75, 3.05) is 0 Å². The lowest BCUT2D eigenvalue weighted by atomic mass is 9.73. The normalized spacial score (nSPS) is 25.8.